The first kappa shape index (κ1) is 16.5. The van der Waals surface area contributed by atoms with E-state index in [0.29, 0.717) is 5.75 Å². The number of aliphatic hydroxyl groups excluding tert-OH is 1. The molecule has 2 aromatic carbocycles. The van der Waals surface area contributed by atoms with Crippen molar-refractivity contribution in [1.29, 1.82) is 0 Å². The molecule has 3 rings (SSSR count). The fourth-order valence-corrected chi connectivity index (χ4v) is 3.26. The average Bonchev–Trinajstić information content (AvgIpc) is 2.57. The van der Waals surface area contributed by atoms with Crippen LogP contribution in [0.3, 0.4) is 0 Å². The van der Waals surface area contributed by atoms with Gasteiger partial charge in [-0.25, -0.2) is 0 Å². The summed E-state index contributed by atoms with van der Waals surface area (Å²) in [5.74, 6) is 0.518. The average molecular weight is 325 g/mol. The van der Waals surface area contributed by atoms with Crippen molar-refractivity contribution >= 4 is 11.6 Å². The molecule has 24 heavy (non-hydrogen) atoms. The van der Waals surface area contributed by atoms with Gasteiger partial charge in [-0.05, 0) is 61.4 Å². The first-order chi connectivity index (χ1) is 11.6. The maximum absolute atomic E-state index is 12.2. The minimum absolute atomic E-state index is 0.0413. The summed E-state index contributed by atoms with van der Waals surface area (Å²) in [6, 6.07) is 11.6. The van der Waals surface area contributed by atoms with Crippen molar-refractivity contribution in [2.75, 3.05) is 11.9 Å². The van der Waals surface area contributed by atoms with E-state index in [9.17, 15) is 9.90 Å². The van der Waals surface area contributed by atoms with Crippen LogP contribution in [0.2, 0.25) is 0 Å². The van der Waals surface area contributed by atoms with Gasteiger partial charge >= 0.3 is 0 Å². The number of aryl methyl sites for hydroxylation is 2. The van der Waals surface area contributed by atoms with Gasteiger partial charge in [0.1, 0.15) is 5.75 Å². The van der Waals surface area contributed by atoms with Crippen molar-refractivity contribution in [3.63, 3.8) is 0 Å². The van der Waals surface area contributed by atoms with Crippen molar-refractivity contribution in [3.05, 3.63) is 58.7 Å². The predicted octanol–water partition coefficient (Wildman–Crippen LogP) is 3.69. The Morgan fingerprint density at radius 3 is 2.67 bits per heavy atom. The molecule has 0 saturated heterocycles. The Balaban J connectivity index is 1.68. The standard InChI is InChI=1S/C20H23NO3/c1-13-6-3-7-14(2)20(13)21-19(23)12-24-18-11-5-8-15-16(18)9-4-10-17(15)22/h3,5-8,11,17,22H,4,9-10,12H2,1-2H3,(H,21,23)/t17-/m1/s1. The van der Waals surface area contributed by atoms with E-state index in [0.717, 1.165) is 47.2 Å². The number of ether oxygens (including phenoxy) is 1. The van der Waals surface area contributed by atoms with E-state index < -0.39 is 6.10 Å². The summed E-state index contributed by atoms with van der Waals surface area (Å²) in [5, 5.41) is 13.0. The summed E-state index contributed by atoms with van der Waals surface area (Å²) in [6.45, 7) is 3.90. The second-order valence-corrected chi connectivity index (χ2v) is 6.34. The molecule has 0 fully saturated rings. The predicted molar refractivity (Wildman–Crippen MR) is 94.4 cm³/mol. The molecule has 0 aliphatic heterocycles. The number of rotatable bonds is 4. The monoisotopic (exact) mass is 325 g/mol. The highest BCUT2D eigenvalue weighted by Gasteiger charge is 2.21. The summed E-state index contributed by atoms with van der Waals surface area (Å²) < 4.78 is 5.74. The molecule has 1 aliphatic rings. The maximum Gasteiger partial charge on any atom is 0.262 e. The lowest BCUT2D eigenvalue weighted by Crippen LogP contribution is -2.22. The Kier molecular flexibility index (Phi) is 4.86. The lowest BCUT2D eigenvalue weighted by atomic mass is 9.89. The lowest BCUT2D eigenvalue weighted by molar-refractivity contribution is -0.118. The van der Waals surface area contributed by atoms with Crippen LogP contribution < -0.4 is 10.1 Å². The van der Waals surface area contributed by atoms with E-state index in [-0.39, 0.29) is 12.5 Å². The smallest absolute Gasteiger partial charge is 0.262 e. The Labute approximate surface area is 142 Å². The summed E-state index contributed by atoms with van der Waals surface area (Å²) in [6.07, 6.45) is 2.16. The molecule has 0 aromatic heterocycles. The van der Waals surface area contributed by atoms with Crippen molar-refractivity contribution in [1.82, 2.24) is 0 Å². The zero-order valence-corrected chi connectivity index (χ0v) is 14.1. The molecule has 2 aromatic rings. The molecule has 4 nitrogen and oxygen atoms in total. The maximum atomic E-state index is 12.2. The highest BCUT2D eigenvalue weighted by atomic mass is 16.5. The van der Waals surface area contributed by atoms with Crippen LogP contribution in [-0.4, -0.2) is 17.6 Å². The van der Waals surface area contributed by atoms with Crippen LogP contribution in [0, 0.1) is 13.8 Å². The first-order valence-corrected chi connectivity index (χ1v) is 8.35. The number of nitrogens with one attached hydrogen (secondary N) is 1. The molecule has 0 spiro atoms. The number of benzene rings is 2. The number of para-hydroxylation sites is 1. The summed E-state index contributed by atoms with van der Waals surface area (Å²) in [5.41, 5.74) is 4.86. The minimum atomic E-state index is -0.430. The van der Waals surface area contributed by atoms with E-state index in [1.54, 1.807) is 0 Å². The quantitative estimate of drug-likeness (QED) is 0.901. The van der Waals surface area contributed by atoms with Gasteiger partial charge in [0.25, 0.3) is 5.91 Å². The first-order valence-electron chi connectivity index (χ1n) is 8.35. The van der Waals surface area contributed by atoms with Gasteiger partial charge < -0.3 is 15.2 Å². The molecule has 1 aliphatic carbocycles. The van der Waals surface area contributed by atoms with Gasteiger partial charge in [0, 0.05) is 5.69 Å². The second kappa shape index (κ2) is 7.05. The van der Waals surface area contributed by atoms with E-state index >= 15 is 0 Å². The third-order valence-electron chi connectivity index (χ3n) is 4.54. The van der Waals surface area contributed by atoms with Crippen LogP contribution in [0.15, 0.2) is 36.4 Å². The fraction of sp³-hybridized carbons (Fsp3) is 0.350. The molecule has 1 atom stereocenters. The molecule has 0 radical (unpaired) electrons. The van der Waals surface area contributed by atoms with Gasteiger partial charge in [0.15, 0.2) is 6.61 Å². The molecule has 0 bridgehead atoms. The molecule has 126 valence electrons. The van der Waals surface area contributed by atoms with Crippen LogP contribution in [0.4, 0.5) is 5.69 Å². The van der Waals surface area contributed by atoms with Crippen LogP contribution in [0.1, 0.15) is 41.2 Å². The Hall–Kier alpha value is -2.33. The molecule has 1 amide bonds. The van der Waals surface area contributed by atoms with E-state index in [1.165, 1.54) is 0 Å². The van der Waals surface area contributed by atoms with E-state index in [1.807, 2.05) is 50.2 Å². The van der Waals surface area contributed by atoms with Gasteiger partial charge in [0.05, 0.1) is 6.10 Å². The lowest BCUT2D eigenvalue weighted by Gasteiger charge is -2.23. The third kappa shape index (κ3) is 3.44. The Morgan fingerprint density at radius 2 is 1.92 bits per heavy atom. The molecular formula is C20H23NO3. The van der Waals surface area contributed by atoms with E-state index in [4.69, 9.17) is 4.74 Å². The van der Waals surface area contributed by atoms with Crippen molar-refractivity contribution in [3.8, 4) is 5.75 Å². The van der Waals surface area contributed by atoms with Crippen molar-refractivity contribution in [2.24, 2.45) is 0 Å². The van der Waals surface area contributed by atoms with Crippen LogP contribution >= 0.6 is 0 Å². The van der Waals surface area contributed by atoms with Gasteiger partial charge in [-0.15, -0.1) is 0 Å². The number of anilines is 1. The Bertz CT molecular complexity index is 734. The second-order valence-electron chi connectivity index (χ2n) is 6.34. The van der Waals surface area contributed by atoms with E-state index in [2.05, 4.69) is 5.32 Å². The number of carbonyl (C=O) groups is 1. The normalized spacial score (nSPS) is 16.4. The van der Waals surface area contributed by atoms with Crippen LogP contribution in [-0.2, 0) is 11.2 Å². The van der Waals surface area contributed by atoms with Crippen molar-refractivity contribution < 1.29 is 14.6 Å². The SMILES string of the molecule is Cc1cccc(C)c1NC(=O)COc1cccc2c1CCC[C@H]2O. The van der Waals surface area contributed by atoms with Crippen molar-refractivity contribution in [2.45, 2.75) is 39.2 Å². The molecule has 0 unspecified atom stereocenters. The molecular weight excluding hydrogens is 302 g/mol. The number of hydrogen-bond donors (Lipinski definition) is 2. The molecule has 2 N–H and O–H groups in total. The summed E-state index contributed by atoms with van der Waals surface area (Å²) in [7, 11) is 0. The number of aliphatic hydroxyl groups is 1. The summed E-state index contributed by atoms with van der Waals surface area (Å²) >= 11 is 0. The zero-order chi connectivity index (χ0) is 17.1. The Morgan fingerprint density at radius 1 is 1.21 bits per heavy atom. The molecule has 0 heterocycles. The number of hydrogen-bond acceptors (Lipinski definition) is 3. The van der Waals surface area contributed by atoms with Crippen LogP contribution in [0.5, 0.6) is 5.75 Å². The molecule has 0 saturated carbocycles. The topological polar surface area (TPSA) is 58.6 Å². The minimum Gasteiger partial charge on any atom is -0.483 e. The van der Waals surface area contributed by atoms with Crippen LogP contribution in [0.25, 0.3) is 0 Å². The van der Waals surface area contributed by atoms with Gasteiger partial charge in [-0.2, -0.15) is 0 Å². The number of carbonyl (C=O) groups excluding carboxylic acids is 1. The van der Waals surface area contributed by atoms with Gasteiger partial charge in [-0.1, -0.05) is 30.3 Å². The van der Waals surface area contributed by atoms with Gasteiger partial charge in [-0.3, -0.25) is 4.79 Å². The number of fused-ring (bicyclic) bond motifs is 1. The highest BCUT2D eigenvalue weighted by Crippen LogP contribution is 2.35. The largest absolute Gasteiger partial charge is 0.483 e. The van der Waals surface area contributed by atoms with Gasteiger partial charge in [0.2, 0.25) is 0 Å². The third-order valence-corrected chi connectivity index (χ3v) is 4.54. The zero-order valence-electron chi connectivity index (χ0n) is 14.1. The highest BCUT2D eigenvalue weighted by molar-refractivity contribution is 5.93. The molecule has 4 heteroatoms. The fourth-order valence-electron chi connectivity index (χ4n) is 3.26. The summed E-state index contributed by atoms with van der Waals surface area (Å²) in [4.78, 5) is 12.2. The number of amides is 1.